The molecule has 0 aliphatic heterocycles. The zero-order chi connectivity index (χ0) is 13.3. The average Bonchev–Trinajstić information content (AvgIpc) is 2.74. The predicted molar refractivity (Wildman–Crippen MR) is 79.7 cm³/mol. The maximum Gasteiger partial charge on any atom is 0.360 e. The Balaban J connectivity index is 2.48. The van der Waals surface area contributed by atoms with Crippen molar-refractivity contribution in [3.8, 4) is 5.69 Å². The number of ether oxygens (including phenoxy) is 1. The fraction of sp³-hybridized carbons (Fsp3) is 0.0909. The van der Waals surface area contributed by atoms with Crippen LogP contribution in [0.4, 0.5) is 5.82 Å². The van der Waals surface area contributed by atoms with Gasteiger partial charge in [-0.3, -0.25) is 4.57 Å². The number of nitrogen functional groups attached to an aromatic ring is 1. The maximum atomic E-state index is 11.4. The van der Waals surface area contributed by atoms with Crippen LogP contribution in [0.3, 0.4) is 0 Å². The lowest BCUT2D eigenvalue weighted by Gasteiger charge is -2.06. The zero-order valence-corrected chi connectivity index (χ0v) is 13.1. The second-order valence-electron chi connectivity index (χ2n) is 3.44. The van der Waals surface area contributed by atoms with Crippen LogP contribution in [-0.4, -0.2) is 22.6 Å². The summed E-state index contributed by atoms with van der Waals surface area (Å²) in [6, 6.07) is 5.73. The number of hydrogen-bond donors (Lipinski definition) is 1. The Kier molecular flexibility index (Phi) is 3.91. The average molecular weight is 422 g/mol. The van der Waals surface area contributed by atoms with Crippen LogP contribution >= 0.6 is 38.5 Å². The van der Waals surface area contributed by atoms with Crippen LogP contribution in [0, 0.1) is 3.57 Å². The summed E-state index contributed by atoms with van der Waals surface area (Å²) in [7, 11) is 1.30. The quantitative estimate of drug-likeness (QED) is 0.597. The first-order valence-electron chi connectivity index (χ1n) is 4.91. The van der Waals surface area contributed by atoms with Gasteiger partial charge in [0.15, 0.2) is 5.69 Å². The number of esters is 1. The molecule has 7 heteroatoms. The van der Waals surface area contributed by atoms with Gasteiger partial charge in [0, 0.05) is 13.7 Å². The topological polar surface area (TPSA) is 70.1 Å². The summed E-state index contributed by atoms with van der Waals surface area (Å²) in [6.45, 7) is 0. The first-order valence-corrected chi connectivity index (χ1v) is 6.78. The van der Waals surface area contributed by atoms with E-state index in [9.17, 15) is 4.79 Å². The Morgan fingerprint density at radius 3 is 2.89 bits per heavy atom. The Morgan fingerprint density at radius 1 is 1.56 bits per heavy atom. The predicted octanol–water partition coefficient (Wildman–Crippen LogP) is 2.61. The Morgan fingerprint density at radius 2 is 2.28 bits per heavy atom. The SMILES string of the molecule is COC(=O)c1ncn(-c2ccc(Br)c(I)c2)c1N. The second kappa shape index (κ2) is 5.27. The number of nitrogens with zero attached hydrogens (tertiary/aromatic N) is 2. The van der Waals surface area contributed by atoms with E-state index in [1.807, 2.05) is 18.2 Å². The molecule has 0 spiro atoms. The van der Waals surface area contributed by atoms with Gasteiger partial charge in [-0.05, 0) is 56.7 Å². The van der Waals surface area contributed by atoms with E-state index in [2.05, 4.69) is 48.2 Å². The molecule has 1 aromatic heterocycles. The van der Waals surface area contributed by atoms with Gasteiger partial charge in [-0.1, -0.05) is 0 Å². The first kappa shape index (κ1) is 13.3. The molecule has 94 valence electrons. The van der Waals surface area contributed by atoms with Crippen molar-refractivity contribution in [2.45, 2.75) is 0 Å². The van der Waals surface area contributed by atoms with Crippen LogP contribution in [0.5, 0.6) is 0 Å². The van der Waals surface area contributed by atoms with Crippen LogP contribution in [0.15, 0.2) is 29.0 Å². The van der Waals surface area contributed by atoms with E-state index in [1.165, 1.54) is 13.4 Å². The number of aromatic nitrogens is 2. The molecule has 0 saturated carbocycles. The molecule has 0 aliphatic carbocycles. The molecule has 0 saturated heterocycles. The third-order valence-corrected chi connectivity index (χ3v) is 4.69. The van der Waals surface area contributed by atoms with Gasteiger partial charge in [-0.25, -0.2) is 9.78 Å². The lowest BCUT2D eigenvalue weighted by molar-refractivity contribution is 0.0596. The molecule has 18 heavy (non-hydrogen) atoms. The molecule has 2 N–H and O–H groups in total. The van der Waals surface area contributed by atoms with Crippen molar-refractivity contribution in [2.75, 3.05) is 12.8 Å². The largest absolute Gasteiger partial charge is 0.464 e. The van der Waals surface area contributed by atoms with Crippen LogP contribution in [-0.2, 0) is 4.74 Å². The summed E-state index contributed by atoms with van der Waals surface area (Å²) < 4.78 is 8.28. The van der Waals surface area contributed by atoms with Crippen LogP contribution in [0.2, 0.25) is 0 Å². The van der Waals surface area contributed by atoms with E-state index in [0.717, 1.165) is 13.7 Å². The molecule has 0 unspecified atom stereocenters. The molecule has 0 amide bonds. The van der Waals surface area contributed by atoms with Crippen molar-refractivity contribution in [1.29, 1.82) is 0 Å². The monoisotopic (exact) mass is 421 g/mol. The minimum absolute atomic E-state index is 0.121. The van der Waals surface area contributed by atoms with Gasteiger partial charge in [-0.15, -0.1) is 0 Å². The molecule has 0 bridgehead atoms. The van der Waals surface area contributed by atoms with Gasteiger partial charge in [0.2, 0.25) is 0 Å². The number of hydrogen-bond acceptors (Lipinski definition) is 4. The van der Waals surface area contributed by atoms with E-state index in [4.69, 9.17) is 5.73 Å². The molecular formula is C11H9BrIN3O2. The molecule has 5 nitrogen and oxygen atoms in total. The highest BCUT2D eigenvalue weighted by Gasteiger charge is 2.17. The second-order valence-corrected chi connectivity index (χ2v) is 5.45. The molecule has 0 aliphatic rings. The smallest absolute Gasteiger partial charge is 0.360 e. The summed E-state index contributed by atoms with van der Waals surface area (Å²) in [6.07, 6.45) is 1.50. The fourth-order valence-corrected chi connectivity index (χ4v) is 2.20. The summed E-state index contributed by atoms with van der Waals surface area (Å²) in [5.41, 5.74) is 6.84. The minimum atomic E-state index is -0.543. The fourth-order valence-electron chi connectivity index (χ4n) is 1.45. The number of imidazole rings is 1. The molecule has 0 fully saturated rings. The van der Waals surface area contributed by atoms with Crippen molar-refractivity contribution < 1.29 is 9.53 Å². The first-order chi connectivity index (χ1) is 8.54. The number of carbonyl (C=O) groups is 1. The van der Waals surface area contributed by atoms with Gasteiger partial charge < -0.3 is 10.5 Å². The summed E-state index contributed by atoms with van der Waals surface area (Å²) in [5.74, 6) is -0.280. The molecule has 2 aromatic rings. The number of carbonyl (C=O) groups excluding carboxylic acids is 1. The highest BCUT2D eigenvalue weighted by atomic mass is 127. The maximum absolute atomic E-state index is 11.4. The molecule has 2 rings (SSSR count). The van der Waals surface area contributed by atoms with E-state index in [0.29, 0.717) is 0 Å². The summed E-state index contributed by atoms with van der Waals surface area (Å²) in [4.78, 5) is 15.4. The highest BCUT2D eigenvalue weighted by molar-refractivity contribution is 14.1. The summed E-state index contributed by atoms with van der Waals surface area (Å²) in [5, 5.41) is 0. The third kappa shape index (κ3) is 2.37. The highest BCUT2D eigenvalue weighted by Crippen LogP contribution is 2.24. The third-order valence-electron chi connectivity index (χ3n) is 2.36. The van der Waals surface area contributed by atoms with Gasteiger partial charge in [0.1, 0.15) is 12.1 Å². The normalized spacial score (nSPS) is 10.4. The molecule has 1 aromatic carbocycles. The number of halogens is 2. The number of nitrogens with two attached hydrogens (primary N) is 1. The number of rotatable bonds is 2. The standard InChI is InChI=1S/C11H9BrIN3O2/c1-18-11(17)9-10(14)16(5-15-9)6-2-3-7(12)8(13)4-6/h2-5H,14H2,1H3. The summed E-state index contributed by atoms with van der Waals surface area (Å²) >= 11 is 5.63. The number of benzene rings is 1. The van der Waals surface area contributed by atoms with Crippen LogP contribution in [0.1, 0.15) is 10.5 Å². The zero-order valence-electron chi connectivity index (χ0n) is 9.35. The van der Waals surface area contributed by atoms with E-state index >= 15 is 0 Å². The molecule has 0 radical (unpaired) electrons. The van der Waals surface area contributed by atoms with Crippen molar-refractivity contribution in [3.05, 3.63) is 38.3 Å². The molecule has 1 heterocycles. The van der Waals surface area contributed by atoms with Gasteiger partial charge >= 0.3 is 5.97 Å². The van der Waals surface area contributed by atoms with E-state index in [-0.39, 0.29) is 11.5 Å². The molecule has 0 atom stereocenters. The number of anilines is 1. The van der Waals surface area contributed by atoms with Crippen LogP contribution in [0.25, 0.3) is 5.69 Å². The Hall–Kier alpha value is -1.09. The van der Waals surface area contributed by atoms with Crippen LogP contribution < -0.4 is 5.73 Å². The van der Waals surface area contributed by atoms with Gasteiger partial charge in [0.05, 0.1) is 7.11 Å². The number of methoxy groups -OCH3 is 1. The minimum Gasteiger partial charge on any atom is -0.464 e. The lowest BCUT2D eigenvalue weighted by atomic mass is 10.3. The van der Waals surface area contributed by atoms with E-state index < -0.39 is 5.97 Å². The van der Waals surface area contributed by atoms with Crippen molar-refractivity contribution in [2.24, 2.45) is 0 Å². The van der Waals surface area contributed by atoms with Gasteiger partial charge in [0.25, 0.3) is 0 Å². The van der Waals surface area contributed by atoms with Crippen molar-refractivity contribution in [1.82, 2.24) is 9.55 Å². The van der Waals surface area contributed by atoms with E-state index in [1.54, 1.807) is 4.57 Å². The van der Waals surface area contributed by atoms with Gasteiger partial charge in [-0.2, -0.15) is 0 Å². The van der Waals surface area contributed by atoms with Crippen molar-refractivity contribution in [3.63, 3.8) is 0 Å². The Labute approximate surface area is 126 Å². The molecular weight excluding hydrogens is 413 g/mol. The Bertz CT molecular complexity index is 612. The lowest BCUT2D eigenvalue weighted by Crippen LogP contribution is -2.07. The van der Waals surface area contributed by atoms with Crippen molar-refractivity contribution >= 4 is 50.3 Å².